The Morgan fingerprint density at radius 1 is 1.06 bits per heavy atom. The van der Waals surface area contributed by atoms with Crippen molar-refractivity contribution in [2.75, 3.05) is 31.0 Å². The van der Waals surface area contributed by atoms with Crippen molar-refractivity contribution >= 4 is 38.6 Å². The van der Waals surface area contributed by atoms with Gasteiger partial charge in [-0.3, -0.25) is 9.27 Å². The van der Waals surface area contributed by atoms with E-state index in [2.05, 4.69) is 38.7 Å². The quantitative estimate of drug-likeness (QED) is 0.362. The number of hydrogen-bond donors (Lipinski definition) is 2. The average Bonchev–Trinajstić information content (AvgIpc) is 3.24. The molecule has 1 saturated heterocycles. The molecule has 5 rings (SSSR count). The first-order chi connectivity index (χ1) is 16.5. The summed E-state index contributed by atoms with van der Waals surface area (Å²) in [6.07, 6.45) is 7.45. The van der Waals surface area contributed by atoms with Crippen molar-refractivity contribution < 1.29 is 13.5 Å². The number of benzene rings is 2. The summed E-state index contributed by atoms with van der Waals surface area (Å²) in [5.74, 6) is 1.27. The molecule has 178 valence electrons. The smallest absolute Gasteiger partial charge is 0.259 e. The number of piperidine rings is 1. The minimum Gasteiger partial charge on any atom is -0.477 e. The van der Waals surface area contributed by atoms with E-state index < -0.39 is 11.3 Å². The zero-order chi connectivity index (χ0) is 23.5. The second-order valence-electron chi connectivity index (χ2n) is 9.08. The summed E-state index contributed by atoms with van der Waals surface area (Å²) in [5.41, 5.74) is 2.85. The second-order valence-corrected chi connectivity index (χ2v) is 9.78. The van der Waals surface area contributed by atoms with Gasteiger partial charge in [-0.25, -0.2) is 9.19 Å². The summed E-state index contributed by atoms with van der Waals surface area (Å²) in [4.78, 5) is 7.33. The van der Waals surface area contributed by atoms with E-state index in [1.807, 2.05) is 43.4 Å². The highest BCUT2D eigenvalue weighted by Crippen LogP contribution is 2.32. The lowest BCUT2D eigenvalue weighted by atomic mass is 9.97. The lowest BCUT2D eigenvalue weighted by Gasteiger charge is -2.31. The van der Waals surface area contributed by atoms with E-state index in [1.165, 1.54) is 10.9 Å². The number of rotatable bonds is 8. The molecule has 1 fully saturated rings. The molecule has 3 heterocycles. The predicted octanol–water partition coefficient (Wildman–Crippen LogP) is 4.61. The molecule has 0 saturated carbocycles. The number of fused-ring (bicyclic) bond motifs is 3. The molecule has 0 aliphatic carbocycles. The Morgan fingerprint density at radius 3 is 2.56 bits per heavy atom. The van der Waals surface area contributed by atoms with Crippen molar-refractivity contribution in [2.45, 2.75) is 19.3 Å². The molecule has 2 aromatic heterocycles. The molecule has 1 unspecified atom stereocenters. The predicted molar refractivity (Wildman–Crippen MR) is 137 cm³/mol. The first-order valence-corrected chi connectivity index (χ1v) is 12.8. The largest absolute Gasteiger partial charge is 0.477 e. The Kier molecular flexibility index (Phi) is 6.80. The van der Waals surface area contributed by atoms with Gasteiger partial charge < -0.3 is 14.2 Å². The molecular weight excluding hydrogens is 448 g/mol. The molecule has 2 aromatic carbocycles. The zero-order valence-corrected chi connectivity index (χ0v) is 20.1. The fraction of sp³-hybridized carbons (Fsp3) is 0.346. The van der Waals surface area contributed by atoms with E-state index in [0.717, 1.165) is 61.1 Å². The van der Waals surface area contributed by atoms with Gasteiger partial charge in [-0.2, -0.15) is 0 Å². The van der Waals surface area contributed by atoms with Crippen LogP contribution in [0.15, 0.2) is 60.9 Å². The van der Waals surface area contributed by atoms with Crippen molar-refractivity contribution in [3.05, 3.63) is 66.5 Å². The molecule has 8 heteroatoms. The lowest BCUT2D eigenvalue weighted by Crippen LogP contribution is -2.36. The molecule has 1 aliphatic rings. The van der Waals surface area contributed by atoms with Crippen LogP contribution in [0.5, 0.6) is 5.88 Å². The number of nitrogens with zero attached hydrogens (tertiary/aromatic N) is 3. The normalized spacial score (nSPS) is 16.2. The number of para-hydroxylation sites is 1. The lowest BCUT2D eigenvalue weighted by molar-refractivity contribution is 0.141. The van der Waals surface area contributed by atoms with Crippen molar-refractivity contribution in [3.8, 4) is 5.88 Å². The third-order valence-electron chi connectivity index (χ3n) is 6.64. The number of likely N-dealkylation sites (tertiary alicyclic amines) is 1. The molecule has 1 atom stereocenters. The minimum absolute atomic E-state index is 0.535. The van der Waals surface area contributed by atoms with E-state index >= 15 is 0 Å². The Bertz CT molecular complexity index is 1300. The van der Waals surface area contributed by atoms with Crippen molar-refractivity contribution in [1.82, 2.24) is 14.5 Å². The number of ether oxygens (including phenoxy) is 1. The third kappa shape index (κ3) is 5.24. The van der Waals surface area contributed by atoms with Crippen LogP contribution >= 0.6 is 0 Å². The topological polar surface area (TPSA) is 79.6 Å². The van der Waals surface area contributed by atoms with Crippen LogP contribution in [-0.2, 0) is 24.7 Å². The van der Waals surface area contributed by atoms with E-state index in [4.69, 9.17) is 14.3 Å². The number of hydrogen-bond acceptors (Lipinski definition) is 4. The van der Waals surface area contributed by atoms with Crippen LogP contribution in [0.1, 0.15) is 18.4 Å². The minimum atomic E-state index is -2.03. The van der Waals surface area contributed by atoms with Crippen molar-refractivity contribution in [1.29, 1.82) is 0 Å². The fourth-order valence-corrected chi connectivity index (χ4v) is 5.09. The van der Waals surface area contributed by atoms with Crippen molar-refractivity contribution in [2.24, 2.45) is 13.0 Å². The van der Waals surface area contributed by atoms with Gasteiger partial charge >= 0.3 is 0 Å². The van der Waals surface area contributed by atoms with Gasteiger partial charge in [0, 0.05) is 42.4 Å². The maximum atomic E-state index is 10.8. The van der Waals surface area contributed by atoms with Crippen LogP contribution < -0.4 is 9.46 Å². The average molecular weight is 479 g/mol. The first kappa shape index (κ1) is 22.8. The first-order valence-electron chi connectivity index (χ1n) is 11.7. The highest BCUT2D eigenvalue weighted by Gasteiger charge is 2.21. The fourth-order valence-electron chi connectivity index (χ4n) is 4.75. The Morgan fingerprint density at radius 2 is 1.79 bits per heavy atom. The van der Waals surface area contributed by atoms with Crippen molar-refractivity contribution in [3.63, 3.8) is 0 Å². The van der Waals surface area contributed by atoms with Gasteiger partial charge in [-0.1, -0.05) is 30.3 Å². The second kappa shape index (κ2) is 10.1. The molecule has 7 nitrogen and oxygen atoms in total. The van der Waals surface area contributed by atoms with Gasteiger partial charge in [0.15, 0.2) is 0 Å². The number of anilines is 1. The number of nitrogens with one attached hydrogen (secondary N) is 1. The Labute approximate surface area is 202 Å². The summed E-state index contributed by atoms with van der Waals surface area (Å²) in [5, 5.41) is 3.42. The summed E-state index contributed by atoms with van der Waals surface area (Å²) in [7, 11) is 2.04. The number of aromatic nitrogens is 2. The zero-order valence-electron chi connectivity index (χ0n) is 19.3. The van der Waals surface area contributed by atoms with E-state index in [1.54, 1.807) is 0 Å². The van der Waals surface area contributed by atoms with Crippen LogP contribution in [0.25, 0.3) is 21.7 Å². The van der Waals surface area contributed by atoms with Gasteiger partial charge in [0.05, 0.1) is 17.5 Å². The molecule has 0 bridgehead atoms. The van der Waals surface area contributed by atoms with Crippen LogP contribution in [0, 0.1) is 5.92 Å². The van der Waals surface area contributed by atoms with Gasteiger partial charge in [0.25, 0.3) is 11.3 Å². The molecule has 34 heavy (non-hydrogen) atoms. The summed E-state index contributed by atoms with van der Waals surface area (Å²) in [6, 6.07) is 15.9. The monoisotopic (exact) mass is 478 g/mol. The standard InChI is InChI=1S/C26H30N4O3S/c1-29-16-23-22-4-2-3-5-25(22)27-26(24(23)17-29)33-18-20-11-14-30(15-12-20)13-10-19-6-8-21(9-7-19)28-34(31)32/h2-9,16-17,20,28H,10-15,18H2,1H3,(H,31,32). The summed E-state index contributed by atoms with van der Waals surface area (Å²) >= 11 is -2.03. The molecule has 0 radical (unpaired) electrons. The Hall–Kier alpha value is -2.94. The summed E-state index contributed by atoms with van der Waals surface area (Å²) in [6.45, 7) is 3.86. The van der Waals surface area contributed by atoms with E-state index in [9.17, 15) is 4.21 Å². The van der Waals surface area contributed by atoms with Gasteiger partial charge in [0.1, 0.15) is 0 Å². The highest BCUT2D eigenvalue weighted by atomic mass is 32.2. The number of aryl methyl sites for hydroxylation is 1. The third-order valence-corrected chi connectivity index (χ3v) is 7.05. The van der Waals surface area contributed by atoms with Crippen LogP contribution in [-0.4, -0.2) is 49.5 Å². The maximum Gasteiger partial charge on any atom is 0.259 e. The highest BCUT2D eigenvalue weighted by molar-refractivity contribution is 7.80. The molecule has 0 amide bonds. The molecule has 0 spiro atoms. The SMILES string of the molecule is Cn1cc2c(OCC3CCN(CCc4ccc(NS(=O)O)cc4)CC3)nc3ccccc3c2c1. The maximum absolute atomic E-state index is 10.8. The van der Waals surface area contributed by atoms with E-state index in [-0.39, 0.29) is 0 Å². The molecular formula is C26H30N4O3S. The van der Waals surface area contributed by atoms with Crippen LogP contribution in [0.4, 0.5) is 5.69 Å². The van der Waals surface area contributed by atoms with Crippen LogP contribution in [0.3, 0.4) is 0 Å². The van der Waals surface area contributed by atoms with Gasteiger partial charge in [-0.15, -0.1) is 0 Å². The van der Waals surface area contributed by atoms with Gasteiger partial charge in [0.2, 0.25) is 5.88 Å². The van der Waals surface area contributed by atoms with E-state index in [0.29, 0.717) is 18.2 Å². The number of pyridine rings is 1. The molecule has 2 N–H and O–H groups in total. The Balaban J connectivity index is 1.13. The molecule has 4 aromatic rings. The van der Waals surface area contributed by atoms with Gasteiger partial charge in [-0.05, 0) is 62.0 Å². The molecule has 1 aliphatic heterocycles. The summed E-state index contributed by atoms with van der Waals surface area (Å²) < 4.78 is 30.6. The van der Waals surface area contributed by atoms with Crippen LogP contribution in [0.2, 0.25) is 0 Å².